The highest BCUT2D eigenvalue weighted by atomic mass is 79.9. The van der Waals surface area contributed by atoms with Gasteiger partial charge in [-0.05, 0) is 66.0 Å². The van der Waals surface area contributed by atoms with Crippen LogP contribution in [-0.4, -0.2) is 15.3 Å². The van der Waals surface area contributed by atoms with E-state index in [2.05, 4.69) is 42.2 Å². The molecule has 3 aromatic rings. The standard InChI is InChI=1S/C17H15Br2N3O/c1-9-6-14(19)16-20-11(3)15(22(16)8-9)17(23)21-12-5-4-10(2)13(18)7-12/h4-8H,1-3H3,(H,21,23). The van der Waals surface area contributed by atoms with Crippen LogP contribution in [0.1, 0.15) is 27.3 Å². The van der Waals surface area contributed by atoms with Crippen LogP contribution in [0, 0.1) is 20.8 Å². The molecule has 4 nitrogen and oxygen atoms in total. The molecule has 0 bridgehead atoms. The van der Waals surface area contributed by atoms with Gasteiger partial charge in [0.05, 0.1) is 10.2 Å². The minimum Gasteiger partial charge on any atom is -0.321 e. The van der Waals surface area contributed by atoms with Gasteiger partial charge < -0.3 is 5.32 Å². The van der Waals surface area contributed by atoms with Crippen molar-refractivity contribution in [3.63, 3.8) is 0 Å². The van der Waals surface area contributed by atoms with Gasteiger partial charge in [-0.25, -0.2) is 4.98 Å². The third kappa shape index (κ3) is 3.05. The van der Waals surface area contributed by atoms with Crippen LogP contribution in [0.3, 0.4) is 0 Å². The number of nitrogens with zero attached hydrogens (tertiary/aromatic N) is 2. The Balaban J connectivity index is 2.04. The van der Waals surface area contributed by atoms with E-state index >= 15 is 0 Å². The van der Waals surface area contributed by atoms with Crippen LogP contribution in [0.2, 0.25) is 0 Å². The predicted molar refractivity (Wildman–Crippen MR) is 99.2 cm³/mol. The largest absolute Gasteiger partial charge is 0.321 e. The van der Waals surface area contributed by atoms with Crippen molar-refractivity contribution in [1.82, 2.24) is 9.38 Å². The molecule has 0 unspecified atom stereocenters. The van der Waals surface area contributed by atoms with Gasteiger partial charge >= 0.3 is 0 Å². The molecule has 0 radical (unpaired) electrons. The Bertz CT molecular complexity index is 931. The van der Waals surface area contributed by atoms with E-state index in [1.165, 1.54) is 0 Å². The first-order valence-corrected chi connectivity index (χ1v) is 8.67. The second kappa shape index (κ2) is 6.09. The van der Waals surface area contributed by atoms with Gasteiger partial charge in [-0.15, -0.1) is 0 Å². The molecule has 2 heterocycles. The first kappa shape index (κ1) is 16.2. The summed E-state index contributed by atoms with van der Waals surface area (Å²) in [5.74, 6) is -0.178. The number of pyridine rings is 1. The fraction of sp³-hybridized carbons (Fsp3) is 0.176. The van der Waals surface area contributed by atoms with Crippen LogP contribution in [0.5, 0.6) is 0 Å². The Morgan fingerprint density at radius 1 is 1.13 bits per heavy atom. The highest BCUT2D eigenvalue weighted by Gasteiger charge is 2.18. The lowest BCUT2D eigenvalue weighted by atomic mass is 10.2. The lowest BCUT2D eigenvalue weighted by molar-refractivity contribution is 0.102. The van der Waals surface area contributed by atoms with Crippen LogP contribution in [0.15, 0.2) is 39.4 Å². The summed E-state index contributed by atoms with van der Waals surface area (Å²) in [4.78, 5) is 17.2. The van der Waals surface area contributed by atoms with Gasteiger partial charge in [-0.3, -0.25) is 9.20 Å². The van der Waals surface area contributed by atoms with E-state index in [0.29, 0.717) is 11.4 Å². The zero-order valence-electron chi connectivity index (χ0n) is 12.9. The minimum absolute atomic E-state index is 0.178. The van der Waals surface area contributed by atoms with Crippen molar-refractivity contribution in [2.24, 2.45) is 0 Å². The summed E-state index contributed by atoms with van der Waals surface area (Å²) < 4.78 is 3.66. The highest BCUT2D eigenvalue weighted by Crippen LogP contribution is 2.24. The molecular formula is C17H15Br2N3O. The van der Waals surface area contributed by atoms with Gasteiger partial charge in [0.1, 0.15) is 5.69 Å². The number of carbonyl (C=O) groups excluding carboxylic acids is 1. The Labute approximate surface area is 151 Å². The quantitative estimate of drug-likeness (QED) is 0.611. The summed E-state index contributed by atoms with van der Waals surface area (Å²) in [6, 6.07) is 7.73. The topological polar surface area (TPSA) is 46.4 Å². The summed E-state index contributed by atoms with van der Waals surface area (Å²) in [6.07, 6.45) is 1.92. The van der Waals surface area contributed by atoms with E-state index in [9.17, 15) is 4.79 Å². The zero-order valence-corrected chi connectivity index (χ0v) is 16.1. The van der Waals surface area contributed by atoms with Crippen molar-refractivity contribution in [2.45, 2.75) is 20.8 Å². The molecule has 2 aromatic heterocycles. The molecule has 0 saturated heterocycles. The molecule has 0 saturated carbocycles. The average Bonchev–Trinajstić information content (AvgIpc) is 2.79. The third-order valence-corrected chi connectivity index (χ3v) is 5.07. The number of aromatic nitrogens is 2. The van der Waals surface area contributed by atoms with Crippen LogP contribution in [0.4, 0.5) is 5.69 Å². The summed E-state index contributed by atoms with van der Waals surface area (Å²) in [5.41, 5.74) is 4.89. The Morgan fingerprint density at radius 3 is 2.57 bits per heavy atom. The smallest absolute Gasteiger partial charge is 0.274 e. The van der Waals surface area contributed by atoms with Crippen LogP contribution >= 0.6 is 31.9 Å². The Kier molecular flexibility index (Phi) is 4.29. The number of amides is 1. The summed E-state index contributed by atoms with van der Waals surface area (Å²) in [5, 5.41) is 2.94. The van der Waals surface area contributed by atoms with Crippen molar-refractivity contribution in [3.8, 4) is 0 Å². The lowest BCUT2D eigenvalue weighted by Crippen LogP contribution is -2.15. The van der Waals surface area contributed by atoms with Crippen LogP contribution in [-0.2, 0) is 0 Å². The maximum Gasteiger partial charge on any atom is 0.274 e. The molecule has 0 spiro atoms. The SMILES string of the molecule is Cc1cc(Br)c2nc(C)c(C(=O)Nc3ccc(C)c(Br)c3)n2c1. The molecule has 1 N–H and O–H groups in total. The van der Waals surface area contributed by atoms with Gasteiger partial charge in [-0.1, -0.05) is 22.0 Å². The van der Waals surface area contributed by atoms with Crippen molar-refractivity contribution >= 4 is 49.1 Å². The molecule has 0 fully saturated rings. The number of hydrogen-bond acceptors (Lipinski definition) is 2. The number of anilines is 1. The van der Waals surface area contributed by atoms with Gasteiger partial charge in [0, 0.05) is 16.4 Å². The normalized spacial score (nSPS) is 11.0. The van der Waals surface area contributed by atoms with Crippen LogP contribution in [0.25, 0.3) is 5.65 Å². The maximum absolute atomic E-state index is 12.7. The van der Waals surface area contributed by atoms with Crippen molar-refractivity contribution in [2.75, 3.05) is 5.32 Å². The number of fused-ring (bicyclic) bond motifs is 1. The molecule has 1 aromatic carbocycles. The first-order valence-electron chi connectivity index (χ1n) is 7.09. The zero-order chi connectivity index (χ0) is 16.7. The fourth-order valence-corrected chi connectivity index (χ4v) is 3.50. The van der Waals surface area contributed by atoms with E-state index in [1.54, 1.807) is 0 Å². The second-order valence-electron chi connectivity index (χ2n) is 5.52. The summed E-state index contributed by atoms with van der Waals surface area (Å²) >= 11 is 6.99. The molecule has 0 aliphatic carbocycles. The van der Waals surface area contributed by atoms with Crippen LogP contribution < -0.4 is 5.32 Å². The summed E-state index contributed by atoms with van der Waals surface area (Å²) in [6.45, 7) is 5.83. The molecule has 23 heavy (non-hydrogen) atoms. The van der Waals surface area contributed by atoms with E-state index in [0.717, 1.165) is 31.4 Å². The highest BCUT2D eigenvalue weighted by molar-refractivity contribution is 9.11. The maximum atomic E-state index is 12.7. The van der Waals surface area contributed by atoms with Crippen molar-refractivity contribution in [1.29, 1.82) is 0 Å². The number of imidazole rings is 1. The van der Waals surface area contributed by atoms with Gasteiger partial charge in [0.2, 0.25) is 0 Å². The molecule has 1 amide bonds. The monoisotopic (exact) mass is 435 g/mol. The van der Waals surface area contributed by atoms with Crippen molar-refractivity contribution < 1.29 is 4.79 Å². The molecule has 0 aliphatic heterocycles. The van der Waals surface area contributed by atoms with E-state index in [4.69, 9.17) is 0 Å². The molecule has 0 atom stereocenters. The Hall–Kier alpha value is -1.66. The molecule has 118 valence electrons. The number of benzene rings is 1. The fourth-order valence-electron chi connectivity index (χ4n) is 2.48. The van der Waals surface area contributed by atoms with E-state index < -0.39 is 0 Å². The molecular weight excluding hydrogens is 422 g/mol. The molecule has 0 aliphatic rings. The average molecular weight is 437 g/mol. The number of halogens is 2. The first-order chi connectivity index (χ1) is 10.9. The number of aryl methyl sites for hydroxylation is 3. The van der Waals surface area contributed by atoms with Gasteiger partial charge in [0.15, 0.2) is 5.65 Å². The predicted octanol–water partition coefficient (Wildman–Crippen LogP) is 5.04. The van der Waals surface area contributed by atoms with Crippen molar-refractivity contribution in [3.05, 3.63) is 61.9 Å². The second-order valence-corrected chi connectivity index (χ2v) is 7.23. The summed E-state index contributed by atoms with van der Waals surface area (Å²) in [7, 11) is 0. The van der Waals surface area contributed by atoms with Gasteiger partial charge in [-0.2, -0.15) is 0 Å². The van der Waals surface area contributed by atoms with E-state index in [1.807, 2.05) is 55.6 Å². The number of carbonyl (C=O) groups is 1. The number of hydrogen-bond donors (Lipinski definition) is 1. The Morgan fingerprint density at radius 2 is 1.87 bits per heavy atom. The molecule has 6 heteroatoms. The van der Waals surface area contributed by atoms with E-state index in [-0.39, 0.29) is 5.91 Å². The number of nitrogens with one attached hydrogen (secondary N) is 1. The lowest BCUT2D eigenvalue weighted by Gasteiger charge is -2.08. The third-order valence-electron chi connectivity index (χ3n) is 3.63. The number of rotatable bonds is 2. The molecule has 3 rings (SSSR count). The van der Waals surface area contributed by atoms with Gasteiger partial charge in [0.25, 0.3) is 5.91 Å². The minimum atomic E-state index is -0.178.